The van der Waals surface area contributed by atoms with E-state index in [2.05, 4.69) is 5.10 Å². The molecule has 0 aliphatic carbocycles. The van der Waals surface area contributed by atoms with E-state index in [1.165, 1.54) is 0 Å². The van der Waals surface area contributed by atoms with Crippen LogP contribution in [0.25, 0.3) is 0 Å². The van der Waals surface area contributed by atoms with Crippen LogP contribution in [0.4, 0.5) is 0 Å². The van der Waals surface area contributed by atoms with Gasteiger partial charge in [0, 0.05) is 6.20 Å². The summed E-state index contributed by atoms with van der Waals surface area (Å²) >= 11 is 5.53. The van der Waals surface area contributed by atoms with Crippen molar-refractivity contribution >= 4 is 16.8 Å². The van der Waals surface area contributed by atoms with Crippen molar-refractivity contribution in [1.82, 2.24) is 9.78 Å². The van der Waals surface area contributed by atoms with Crippen molar-refractivity contribution in [3.63, 3.8) is 0 Å². The number of ether oxygens (including phenoxy) is 1. The first-order valence-electron chi connectivity index (χ1n) is 6.03. The van der Waals surface area contributed by atoms with Gasteiger partial charge in [-0.3, -0.25) is 9.48 Å². The molecule has 0 saturated heterocycles. The summed E-state index contributed by atoms with van der Waals surface area (Å²) in [4.78, 5) is 11.3. The van der Waals surface area contributed by atoms with Gasteiger partial charge >= 0.3 is 0 Å². The minimum Gasteiger partial charge on any atom is -0.497 e. The molecule has 100 valence electrons. The summed E-state index contributed by atoms with van der Waals surface area (Å²) < 4.78 is 6.84. The molecule has 1 aromatic carbocycles. The fourth-order valence-electron chi connectivity index (χ4n) is 1.89. The van der Waals surface area contributed by atoms with Crippen LogP contribution in [0.3, 0.4) is 0 Å². The predicted octanol–water partition coefficient (Wildman–Crippen LogP) is 2.88. The molecule has 2 rings (SSSR count). The van der Waals surface area contributed by atoms with Gasteiger partial charge in [-0.25, -0.2) is 0 Å². The molecule has 0 radical (unpaired) electrons. The Morgan fingerprint density at radius 3 is 2.53 bits per heavy atom. The summed E-state index contributed by atoms with van der Waals surface area (Å²) in [6.07, 6.45) is 2.38. The van der Waals surface area contributed by atoms with Crippen molar-refractivity contribution in [3.8, 4) is 5.75 Å². The second kappa shape index (κ2) is 5.89. The van der Waals surface area contributed by atoms with Crippen molar-refractivity contribution in [2.45, 2.75) is 19.9 Å². The quantitative estimate of drug-likeness (QED) is 0.790. The van der Waals surface area contributed by atoms with E-state index >= 15 is 0 Å². The number of aromatic nitrogens is 2. The highest BCUT2D eigenvalue weighted by Gasteiger charge is 2.13. The lowest BCUT2D eigenvalue weighted by Crippen LogP contribution is -2.00. The van der Waals surface area contributed by atoms with Gasteiger partial charge in [-0.2, -0.15) is 5.10 Å². The molecular formula is C14H15ClN2O2. The van der Waals surface area contributed by atoms with Crippen LogP contribution in [0.15, 0.2) is 30.5 Å². The lowest BCUT2D eigenvalue weighted by molar-refractivity contribution is 0.108. The molecule has 0 saturated carbocycles. The van der Waals surface area contributed by atoms with E-state index in [1.54, 1.807) is 18.0 Å². The smallest absolute Gasteiger partial charge is 0.255 e. The molecule has 0 spiro atoms. The Hall–Kier alpha value is -1.81. The second-order valence-corrected chi connectivity index (χ2v) is 4.51. The standard InChI is InChI=1S/C14H15ClN2O2/c1-3-13-12(14(15)18)9-17(16-13)8-10-4-6-11(19-2)7-5-10/h4-7,9H,3,8H2,1-2H3. The molecule has 0 unspecified atom stereocenters. The van der Waals surface area contributed by atoms with Crippen molar-refractivity contribution in [3.05, 3.63) is 47.3 Å². The van der Waals surface area contributed by atoms with Crippen LogP contribution >= 0.6 is 11.6 Å². The van der Waals surface area contributed by atoms with Crippen LogP contribution in [0.2, 0.25) is 0 Å². The van der Waals surface area contributed by atoms with Crippen molar-refractivity contribution in [2.24, 2.45) is 0 Å². The Kier molecular flexibility index (Phi) is 4.22. The zero-order chi connectivity index (χ0) is 13.8. The van der Waals surface area contributed by atoms with Crippen molar-refractivity contribution < 1.29 is 9.53 Å². The second-order valence-electron chi connectivity index (χ2n) is 4.16. The van der Waals surface area contributed by atoms with Gasteiger partial charge in [0.05, 0.1) is 24.9 Å². The summed E-state index contributed by atoms with van der Waals surface area (Å²) in [6.45, 7) is 2.55. The summed E-state index contributed by atoms with van der Waals surface area (Å²) in [5.41, 5.74) is 2.30. The van der Waals surface area contributed by atoms with E-state index in [9.17, 15) is 4.79 Å². The highest BCUT2D eigenvalue weighted by atomic mass is 35.5. The highest BCUT2D eigenvalue weighted by molar-refractivity contribution is 6.67. The van der Waals surface area contributed by atoms with Gasteiger partial charge in [0.2, 0.25) is 0 Å². The summed E-state index contributed by atoms with van der Waals surface area (Å²) in [5, 5.41) is 3.91. The van der Waals surface area contributed by atoms with E-state index in [1.807, 2.05) is 31.2 Å². The molecule has 1 heterocycles. The Morgan fingerprint density at radius 1 is 1.37 bits per heavy atom. The summed E-state index contributed by atoms with van der Waals surface area (Å²) in [5.74, 6) is 0.815. The first kappa shape index (κ1) is 13.6. The van der Waals surface area contributed by atoms with Gasteiger partial charge in [-0.1, -0.05) is 19.1 Å². The van der Waals surface area contributed by atoms with Gasteiger partial charge in [0.1, 0.15) is 5.75 Å². The molecule has 2 aromatic rings. The van der Waals surface area contributed by atoms with Gasteiger partial charge < -0.3 is 4.74 Å². The van der Waals surface area contributed by atoms with Crippen LogP contribution in [0.1, 0.15) is 28.5 Å². The molecule has 1 aromatic heterocycles. The van der Waals surface area contributed by atoms with Crippen molar-refractivity contribution in [1.29, 1.82) is 0 Å². The van der Waals surface area contributed by atoms with Crippen LogP contribution in [0.5, 0.6) is 5.75 Å². The zero-order valence-electron chi connectivity index (χ0n) is 10.9. The fraction of sp³-hybridized carbons (Fsp3) is 0.286. The molecule has 0 atom stereocenters. The first-order chi connectivity index (χ1) is 9.13. The van der Waals surface area contributed by atoms with Gasteiger partial charge in [-0.05, 0) is 35.7 Å². The van der Waals surface area contributed by atoms with E-state index < -0.39 is 5.24 Å². The van der Waals surface area contributed by atoms with Crippen LogP contribution in [-0.4, -0.2) is 22.1 Å². The Morgan fingerprint density at radius 2 is 2.05 bits per heavy atom. The SMILES string of the molecule is CCc1nn(Cc2ccc(OC)cc2)cc1C(=O)Cl. The highest BCUT2D eigenvalue weighted by Crippen LogP contribution is 2.15. The third-order valence-corrected chi connectivity index (χ3v) is 3.09. The fourth-order valence-corrected chi connectivity index (χ4v) is 2.04. The third-order valence-electron chi connectivity index (χ3n) is 2.89. The molecule has 5 heteroatoms. The largest absolute Gasteiger partial charge is 0.497 e. The molecule has 0 aliphatic rings. The Balaban J connectivity index is 2.20. The Labute approximate surface area is 116 Å². The lowest BCUT2D eigenvalue weighted by atomic mass is 10.2. The first-order valence-corrected chi connectivity index (χ1v) is 6.41. The Bertz CT molecular complexity index is 576. The summed E-state index contributed by atoms with van der Waals surface area (Å²) in [7, 11) is 1.63. The van der Waals surface area contributed by atoms with Crippen molar-refractivity contribution in [2.75, 3.05) is 7.11 Å². The summed E-state index contributed by atoms with van der Waals surface area (Å²) in [6, 6.07) is 7.73. The number of benzene rings is 1. The van der Waals surface area contributed by atoms with Gasteiger partial charge in [0.15, 0.2) is 0 Å². The third kappa shape index (κ3) is 3.15. The van der Waals surface area contributed by atoms with E-state index in [4.69, 9.17) is 16.3 Å². The maximum absolute atomic E-state index is 11.3. The molecule has 19 heavy (non-hydrogen) atoms. The number of halogens is 1. The number of rotatable bonds is 5. The van der Waals surface area contributed by atoms with E-state index in [0.717, 1.165) is 17.0 Å². The zero-order valence-corrected chi connectivity index (χ0v) is 11.6. The number of nitrogens with zero attached hydrogens (tertiary/aromatic N) is 2. The molecule has 0 N–H and O–H groups in total. The maximum Gasteiger partial charge on any atom is 0.255 e. The normalized spacial score (nSPS) is 10.5. The topological polar surface area (TPSA) is 44.1 Å². The molecule has 0 bridgehead atoms. The molecule has 0 amide bonds. The minimum absolute atomic E-state index is 0.460. The average Bonchev–Trinajstić information content (AvgIpc) is 2.83. The molecular weight excluding hydrogens is 264 g/mol. The van der Waals surface area contributed by atoms with Crippen LogP contribution in [0, 0.1) is 0 Å². The molecule has 4 nitrogen and oxygen atoms in total. The van der Waals surface area contributed by atoms with E-state index in [0.29, 0.717) is 18.5 Å². The number of methoxy groups -OCH3 is 1. The molecule has 0 aliphatic heterocycles. The van der Waals surface area contributed by atoms with Crippen LogP contribution in [-0.2, 0) is 13.0 Å². The lowest BCUT2D eigenvalue weighted by Gasteiger charge is -2.03. The number of carbonyl (C=O) groups is 1. The number of hydrogen-bond acceptors (Lipinski definition) is 3. The number of hydrogen-bond donors (Lipinski definition) is 0. The van der Waals surface area contributed by atoms with Crippen LogP contribution < -0.4 is 4.74 Å². The average molecular weight is 279 g/mol. The number of carbonyl (C=O) groups excluding carboxylic acids is 1. The minimum atomic E-state index is -0.460. The maximum atomic E-state index is 11.3. The van der Waals surface area contributed by atoms with Gasteiger partial charge in [-0.15, -0.1) is 0 Å². The monoisotopic (exact) mass is 278 g/mol. The van der Waals surface area contributed by atoms with Gasteiger partial charge in [0.25, 0.3) is 5.24 Å². The molecule has 0 fully saturated rings. The number of aryl methyl sites for hydroxylation is 1. The van der Waals surface area contributed by atoms with E-state index in [-0.39, 0.29) is 0 Å². The predicted molar refractivity (Wildman–Crippen MR) is 73.9 cm³/mol.